The lowest BCUT2D eigenvalue weighted by molar-refractivity contribution is -0.132. The van der Waals surface area contributed by atoms with E-state index in [-0.39, 0.29) is 17.4 Å². The van der Waals surface area contributed by atoms with Gasteiger partial charge in [0.15, 0.2) is 0 Å². The molecule has 3 heterocycles. The van der Waals surface area contributed by atoms with E-state index in [4.69, 9.17) is 4.74 Å². The van der Waals surface area contributed by atoms with Crippen molar-refractivity contribution in [2.75, 3.05) is 22.9 Å². The van der Waals surface area contributed by atoms with Crippen LogP contribution in [-0.2, 0) is 9.59 Å². The number of Topliss-reactive ketones (excluding diaryl/α,β-unsaturated/α-hetero) is 1. The number of aromatic nitrogens is 1. The topological polar surface area (TPSA) is 83.0 Å². The number of anilines is 2. The molecule has 37 heavy (non-hydrogen) atoms. The highest BCUT2D eigenvalue weighted by molar-refractivity contribution is 6.51. The standard InChI is InChI=1S/C30H31N3O4/c1-20(2)37-25-10-6-8-21(18-25)28(34)26-27(22-9-7-15-31-19-22)33(30(36)29(26)35)24-13-11-23(12-14-24)32-16-4-3-5-17-32/h6-15,18-20,27,34H,3-5,16-17H2,1-2H3/b28-26+. The number of hydrogen-bond acceptors (Lipinski definition) is 6. The van der Waals surface area contributed by atoms with Crippen LogP contribution < -0.4 is 14.5 Å². The van der Waals surface area contributed by atoms with Crippen molar-refractivity contribution in [2.24, 2.45) is 0 Å². The molecule has 1 aromatic heterocycles. The lowest BCUT2D eigenvalue weighted by Crippen LogP contribution is -2.30. The minimum Gasteiger partial charge on any atom is -0.507 e. The number of benzene rings is 2. The van der Waals surface area contributed by atoms with Crippen LogP contribution in [0.3, 0.4) is 0 Å². The van der Waals surface area contributed by atoms with Gasteiger partial charge < -0.3 is 14.7 Å². The number of amides is 1. The lowest BCUT2D eigenvalue weighted by atomic mass is 9.96. The fraction of sp³-hybridized carbons (Fsp3) is 0.300. The Morgan fingerprint density at radius 1 is 0.973 bits per heavy atom. The zero-order valence-corrected chi connectivity index (χ0v) is 21.1. The van der Waals surface area contributed by atoms with E-state index in [0.29, 0.717) is 22.6 Å². The first-order valence-corrected chi connectivity index (χ1v) is 12.8. The summed E-state index contributed by atoms with van der Waals surface area (Å²) in [5, 5.41) is 11.4. The third kappa shape index (κ3) is 4.94. The second kappa shape index (κ2) is 10.5. The Morgan fingerprint density at radius 3 is 2.38 bits per heavy atom. The van der Waals surface area contributed by atoms with Crippen molar-refractivity contribution in [3.8, 4) is 5.75 Å². The summed E-state index contributed by atoms with van der Waals surface area (Å²) in [5.41, 5.74) is 2.76. The zero-order valence-electron chi connectivity index (χ0n) is 21.1. The van der Waals surface area contributed by atoms with Crippen LogP contribution in [0.25, 0.3) is 5.76 Å². The first-order chi connectivity index (χ1) is 17.9. The molecule has 0 spiro atoms. The van der Waals surface area contributed by atoms with Crippen LogP contribution in [0.1, 0.15) is 50.3 Å². The molecular formula is C30H31N3O4. The van der Waals surface area contributed by atoms with Crippen molar-refractivity contribution in [2.45, 2.75) is 45.3 Å². The molecule has 190 valence electrons. The van der Waals surface area contributed by atoms with Gasteiger partial charge in [-0.05, 0) is 81.1 Å². The van der Waals surface area contributed by atoms with E-state index in [0.717, 1.165) is 18.8 Å². The summed E-state index contributed by atoms with van der Waals surface area (Å²) in [4.78, 5) is 34.8. The Kier molecular flexibility index (Phi) is 6.95. The fourth-order valence-electron chi connectivity index (χ4n) is 5.07. The van der Waals surface area contributed by atoms with E-state index < -0.39 is 17.7 Å². The molecule has 0 radical (unpaired) electrons. The Labute approximate surface area is 217 Å². The summed E-state index contributed by atoms with van der Waals surface area (Å²) >= 11 is 0. The maximum Gasteiger partial charge on any atom is 0.300 e. The fourth-order valence-corrected chi connectivity index (χ4v) is 5.07. The van der Waals surface area contributed by atoms with Crippen LogP contribution in [0.2, 0.25) is 0 Å². The molecule has 0 saturated carbocycles. The third-order valence-corrected chi connectivity index (χ3v) is 6.77. The number of nitrogens with zero attached hydrogens (tertiary/aromatic N) is 3. The molecule has 0 aliphatic carbocycles. The maximum absolute atomic E-state index is 13.4. The van der Waals surface area contributed by atoms with E-state index in [1.807, 2.05) is 44.2 Å². The molecule has 0 bridgehead atoms. The molecule has 7 nitrogen and oxygen atoms in total. The zero-order chi connectivity index (χ0) is 25.9. The average Bonchev–Trinajstić information content (AvgIpc) is 3.19. The molecule has 2 fully saturated rings. The van der Waals surface area contributed by atoms with Crippen molar-refractivity contribution >= 4 is 28.8 Å². The molecule has 2 saturated heterocycles. The van der Waals surface area contributed by atoms with Crippen LogP contribution >= 0.6 is 0 Å². The molecule has 1 unspecified atom stereocenters. The number of carbonyl (C=O) groups is 2. The van der Waals surface area contributed by atoms with Crippen molar-refractivity contribution in [3.63, 3.8) is 0 Å². The van der Waals surface area contributed by atoms with Gasteiger partial charge in [0.2, 0.25) is 0 Å². The molecule has 1 amide bonds. The van der Waals surface area contributed by atoms with Gasteiger partial charge >= 0.3 is 0 Å². The minimum atomic E-state index is -0.816. The van der Waals surface area contributed by atoms with Crippen LogP contribution in [0.4, 0.5) is 11.4 Å². The SMILES string of the molecule is CC(C)Oc1cccc(/C(O)=C2\C(=O)C(=O)N(c3ccc(N4CCCCC4)cc3)C2c2cccnc2)c1. The quantitative estimate of drug-likeness (QED) is 0.276. The number of pyridine rings is 1. The molecule has 7 heteroatoms. The van der Waals surface area contributed by atoms with Gasteiger partial charge in [-0.1, -0.05) is 18.2 Å². The van der Waals surface area contributed by atoms with Crippen LogP contribution in [0.15, 0.2) is 78.6 Å². The highest BCUT2D eigenvalue weighted by atomic mass is 16.5. The molecule has 1 N–H and O–H groups in total. The predicted octanol–water partition coefficient (Wildman–Crippen LogP) is 5.49. The van der Waals surface area contributed by atoms with Crippen molar-refractivity contribution in [1.82, 2.24) is 4.98 Å². The second-order valence-corrected chi connectivity index (χ2v) is 9.71. The number of ketones is 1. The number of rotatable bonds is 6. The van der Waals surface area contributed by atoms with Gasteiger partial charge in [-0.15, -0.1) is 0 Å². The predicted molar refractivity (Wildman–Crippen MR) is 144 cm³/mol. The summed E-state index contributed by atoms with van der Waals surface area (Å²) in [7, 11) is 0. The largest absolute Gasteiger partial charge is 0.507 e. The number of piperidine rings is 1. The van der Waals surface area contributed by atoms with Crippen LogP contribution in [0.5, 0.6) is 5.75 Å². The van der Waals surface area contributed by atoms with Gasteiger partial charge in [0.25, 0.3) is 11.7 Å². The summed E-state index contributed by atoms with van der Waals surface area (Å²) in [5.74, 6) is -1.09. The van der Waals surface area contributed by atoms with Crippen molar-refractivity contribution < 1.29 is 19.4 Å². The van der Waals surface area contributed by atoms with E-state index in [2.05, 4.69) is 9.88 Å². The number of hydrogen-bond donors (Lipinski definition) is 1. The van der Waals surface area contributed by atoms with Crippen molar-refractivity contribution in [1.29, 1.82) is 0 Å². The maximum atomic E-state index is 13.4. The normalized spacial score (nSPS) is 19.5. The first-order valence-electron chi connectivity index (χ1n) is 12.8. The third-order valence-electron chi connectivity index (χ3n) is 6.77. The van der Waals surface area contributed by atoms with Crippen molar-refractivity contribution in [3.05, 3.63) is 89.8 Å². The Balaban J connectivity index is 1.57. The van der Waals surface area contributed by atoms with E-state index >= 15 is 0 Å². The van der Waals surface area contributed by atoms with E-state index in [1.54, 1.807) is 42.7 Å². The highest BCUT2D eigenvalue weighted by Gasteiger charge is 2.47. The molecule has 2 aliphatic heterocycles. The lowest BCUT2D eigenvalue weighted by Gasteiger charge is -2.30. The van der Waals surface area contributed by atoms with Gasteiger partial charge in [0.05, 0.1) is 17.7 Å². The Hall–Kier alpha value is -4.13. The summed E-state index contributed by atoms with van der Waals surface area (Å²) in [6.07, 6.45) is 6.79. The summed E-state index contributed by atoms with van der Waals surface area (Å²) < 4.78 is 5.77. The molecule has 2 aliphatic rings. The first kappa shape index (κ1) is 24.6. The Morgan fingerprint density at radius 2 is 1.70 bits per heavy atom. The number of aliphatic hydroxyl groups is 1. The van der Waals surface area contributed by atoms with Crippen LogP contribution in [0, 0.1) is 0 Å². The van der Waals surface area contributed by atoms with E-state index in [9.17, 15) is 14.7 Å². The monoisotopic (exact) mass is 497 g/mol. The number of ether oxygens (including phenoxy) is 1. The molecule has 5 rings (SSSR count). The molecule has 1 atom stereocenters. The smallest absolute Gasteiger partial charge is 0.300 e. The van der Waals surface area contributed by atoms with Gasteiger partial charge in [-0.25, -0.2) is 0 Å². The number of carbonyl (C=O) groups excluding carboxylic acids is 2. The van der Waals surface area contributed by atoms with Gasteiger partial charge in [-0.2, -0.15) is 0 Å². The average molecular weight is 498 g/mol. The van der Waals surface area contributed by atoms with Gasteiger partial charge in [-0.3, -0.25) is 19.5 Å². The summed E-state index contributed by atoms with van der Waals surface area (Å²) in [6, 6.07) is 17.4. The Bertz CT molecular complexity index is 1310. The van der Waals surface area contributed by atoms with E-state index in [1.165, 1.54) is 24.2 Å². The van der Waals surface area contributed by atoms with Gasteiger partial charge in [0.1, 0.15) is 11.5 Å². The van der Waals surface area contributed by atoms with Crippen LogP contribution in [-0.4, -0.2) is 41.0 Å². The molecular weight excluding hydrogens is 466 g/mol. The highest BCUT2D eigenvalue weighted by Crippen LogP contribution is 2.42. The molecule has 2 aromatic carbocycles. The van der Waals surface area contributed by atoms with Gasteiger partial charge in [0, 0.05) is 42.4 Å². The summed E-state index contributed by atoms with van der Waals surface area (Å²) in [6.45, 7) is 5.85. The minimum absolute atomic E-state index is 0.0276. The number of aliphatic hydroxyl groups excluding tert-OH is 1. The molecule has 3 aromatic rings. The second-order valence-electron chi connectivity index (χ2n) is 9.71.